The predicted molar refractivity (Wildman–Crippen MR) is 90.5 cm³/mol. The van der Waals surface area contributed by atoms with E-state index in [-0.39, 0.29) is 39.7 Å². The van der Waals surface area contributed by atoms with Crippen molar-refractivity contribution in [1.29, 1.82) is 0 Å². The van der Waals surface area contributed by atoms with Crippen molar-refractivity contribution in [3.63, 3.8) is 0 Å². The molecule has 6 bridgehead atoms. The van der Waals surface area contributed by atoms with Gasteiger partial charge in [-0.3, -0.25) is 0 Å². The van der Waals surface area contributed by atoms with E-state index >= 15 is 0 Å². The molecule has 1 saturated heterocycles. The summed E-state index contributed by atoms with van der Waals surface area (Å²) in [4.78, 5) is 13.1. The Morgan fingerprint density at radius 3 is 2.70 bits per heavy atom. The third-order valence-electron chi connectivity index (χ3n) is 12.1. The van der Waals surface area contributed by atoms with Gasteiger partial charge in [0.05, 0.1) is 0 Å². The SMILES string of the molecule is O=C([NH][Ti+2])C12CC3CC45C6C14C1C(C2)(C3C2CC3C=CC=CC3[SiH2]2)C165.[Cl-].[Cl-]. The molecule has 1 N–H and O–H groups in total. The number of carbonyl (C=O) groups is 1. The molecule has 0 radical (unpaired) electrons. The van der Waals surface area contributed by atoms with Crippen LogP contribution < -0.4 is 28.6 Å². The number of rotatable bonds is 2. The number of allylic oxidation sites excluding steroid dienone is 4. The van der Waals surface area contributed by atoms with Crippen LogP contribution in [0.5, 0.6) is 0 Å². The van der Waals surface area contributed by atoms with Crippen molar-refractivity contribution in [2.75, 3.05) is 0 Å². The number of fused-ring (bicyclic) bond motifs is 1. The van der Waals surface area contributed by atoms with E-state index in [4.69, 9.17) is 0 Å². The molecule has 0 aromatic carbocycles. The Morgan fingerprint density at radius 2 is 1.93 bits per heavy atom. The maximum Gasteiger partial charge on any atom is -1.00 e. The van der Waals surface area contributed by atoms with Crippen molar-refractivity contribution >= 4 is 15.4 Å². The number of hydrogen-bond donors (Lipinski definition) is 1. The second-order valence-corrected chi connectivity index (χ2v) is 14.2. The van der Waals surface area contributed by atoms with E-state index in [1.165, 1.54) is 19.3 Å². The minimum Gasteiger partial charge on any atom is -1.00 e. The topological polar surface area (TPSA) is 29.1 Å². The molecule has 4 spiro atoms. The van der Waals surface area contributed by atoms with Gasteiger partial charge in [0, 0.05) is 0 Å². The molecule has 9 saturated carbocycles. The molecule has 10 fully saturated rings. The van der Waals surface area contributed by atoms with Gasteiger partial charge in [0.15, 0.2) is 0 Å². The molecule has 0 aromatic heterocycles. The van der Waals surface area contributed by atoms with Gasteiger partial charge in [-0.15, -0.1) is 0 Å². The molecule has 6 heteroatoms. The Labute approximate surface area is 186 Å². The van der Waals surface area contributed by atoms with Gasteiger partial charge in [0.1, 0.15) is 0 Å². The summed E-state index contributed by atoms with van der Waals surface area (Å²) in [5.41, 5.74) is 4.96. The zero-order chi connectivity index (χ0) is 16.2. The summed E-state index contributed by atoms with van der Waals surface area (Å²) in [5, 5.41) is 0. The van der Waals surface area contributed by atoms with Gasteiger partial charge in [-0.05, 0) is 0 Å². The molecule has 12 atom stereocenters. The third-order valence-corrected chi connectivity index (χ3v) is 15.3. The summed E-state index contributed by atoms with van der Waals surface area (Å²) in [6.45, 7) is 0. The summed E-state index contributed by atoms with van der Waals surface area (Å²) in [5.74, 6) is 5.34. The van der Waals surface area contributed by atoms with Gasteiger partial charge < -0.3 is 24.8 Å². The molecule has 27 heavy (non-hydrogen) atoms. The van der Waals surface area contributed by atoms with Gasteiger partial charge in [0.25, 0.3) is 0 Å². The van der Waals surface area contributed by atoms with E-state index < -0.39 is 0 Å². The first kappa shape index (κ1) is 17.2. The molecular weight excluding hydrogens is 429 g/mol. The van der Waals surface area contributed by atoms with Crippen LogP contribution in [0, 0.1) is 56.7 Å². The number of hydrogen-bond acceptors (Lipinski definition) is 1. The molecule has 2 nitrogen and oxygen atoms in total. The fourth-order valence-corrected chi connectivity index (χ4v) is 16.6. The fraction of sp³-hybridized carbons (Fsp3) is 0.762. The average Bonchev–Trinajstić information content (AvgIpc) is 3.34. The maximum absolute atomic E-state index is 13.1. The number of nitrogens with one attached hydrogen (secondary N) is 1. The van der Waals surface area contributed by atoms with Crippen LogP contribution in [0.3, 0.4) is 0 Å². The first-order valence-corrected chi connectivity index (χ1v) is 12.9. The van der Waals surface area contributed by atoms with Crippen LogP contribution >= 0.6 is 0 Å². The Morgan fingerprint density at radius 1 is 1.11 bits per heavy atom. The normalized spacial score (nSPS) is 72.4. The van der Waals surface area contributed by atoms with Gasteiger partial charge in [-0.2, -0.15) is 0 Å². The molecule has 1 heterocycles. The van der Waals surface area contributed by atoms with Crippen molar-refractivity contribution in [3.8, 4) is 0 Å². The van der Waals surface area contributed by atoms with E-state index in [9.17, 15) is 4.79 Å². The molecule has 1 amide bonds. The summed E-state index contributed by atoms with van der Waals surface area (Å²) in [7, 11) is -0.0104. The van der Waals surface area contributed by atoms with Gasteiger partial charge >= 0.3 is 162 Å². The Bertz CT molecular complexity index is 906. The van der Waals surface area contributed by atoms with Gasteiger partial charge in [0.2, 0.25) is 0 Å². The van der Waals surface area contributed by atoms with Crippen LogP contribution in [0.25, 0.3) is 0 Å². The molecule has 1 aliphatic heterocycles. The molecule has 11 aliphatic rings. The number of halogens is 2. The molecule has 10 aliphatic carbocycles. The van der Waals surface area contributed by atoms with E-state index in [1.54, 1.807) is 6.42 Å². The number of amides is 1. The van der Waals surface area contributed by atoms with Crippen molar-refractivity contribution in [1.82, 2.24) is 3.80 Å². The smallest absolute Gasteiger partial charge is 1.00 e. The standard InChI is InChI=1S/C21H23NOSi.2ClH.Ti/c22-16(23)17-6-10-7-19-15-20(17,19)14-18(8-17,21(14,15)19)13(10)12-5-9-3-1-2-4-11(9)24-12;;;/h1-4,9-15H,5-8,24H2,(H2,22,23);2*1H;/q;;;+3/p-3. The van der Waals surface area contributed by atoms with Crippen LogP contribution in [-0.2, 0) is 25.5 Å². The van der Waals surface area contributed by atoms with Crippen LogP contribution in [0.1, 0.15) is 25.7 Å². The Kier molecular flexibility index (Phi) is 2.63. The summed E-state index contributed by atoms with van der Waals surface area (Å²) >= 11 is 1.90. The van der Waals surface area contributed by atoms with Crippen molar-refractivity contribution in [3.05, 3.63) is 24.3 Å². The minimum atomic E-state index is -0.0104. The van der Waals surface area contributed by atoms with E-state index in [1.807, 2.05) is 20.7 Å². The van der Waals surface area contributed by atoms with Crippen molar-refractivity contribution in [2.24, 2.45) is 56.7 Å². The first-order valence-electron chi connectivity index (χ1n) is 10.5. The van der Waals surface area contributed by atoms with Crippen LogP contribution in [0.2, 0.25) is 11.1 Å². The van der Waals surface area contributed by atoms with Crippen LogP contribution in [-0.4, -0.2) is 15.4 Å². The predicted octanol–water partition coefficient (Wildman–Crippen LogP) is -3.87. The summed E-state index contributed by atoms with van der Waals surface area (Å²) < 4.78 is 3.12. The van der Waals surface area contributed by atoms with Crippen molar-refractivity contribution in [2.45, 2.75) is 36.8 Å². The minimum absolute atomic E-state index is 0. The summed E-state index contributed by atoms with van der Waals surface area (Å²) in [6, 6.07) is 0. The van der Waals surface area contributed by atoms with E-state index in [0.717, 1.165) is 51.5 Å². The molecule has 139 valence electrons. The molecule has 0 aromatic rings. The van der Waals surface area contributed by atoms with E-state index in [2.05, 4.69) is 28.1 Å². The fourth-order valence-electron chi connectivity index (χ4n) is 12.8. The maximum atomic E-state index is 13.1. The average molecular weight is 451 g/mol. The van der Waals surface area contributed by atoms with Gasteiger partial charge in [-0.1, -0.05) is 0 Å². The second-order valence-electron chi connectivity index (χ2n) is 11.4. The van der Waals surface area contributed by atoms with E-state index in [0.29, 0.717) is 16.7 Å². The zero-order valence-corrected chi connectivity index (χ0v) is 19.5. The zero-order valence-electron chi connectivity index (χ0n) is 15.1. The largest absolute Gasteiger partial charge is 1.00 e. The second kappa shape index (κ2) is 4.13. The summed E-state index contributed by atoms with van der Waals surface area (Å²) in [6.07, 6.45) is 15.3. The van der Waals surface area contributed by atoms with Gasteiger partial charge in [-0.25, -0.2) is 0 Å². The molecule has 12 unspecified atom stereocenters. The monoisotopic (exact) mass is 450 g/mol. The quantitative estimate of drug-likeness (QED) is 0.428. The first-order chi connectivity index (χ1) is 12.2. The third kappa shape index (κ3) is 1.04. The van der Waals surface area contributed by atoms with Crippen LogP contribution in [0.4, 0.5) is 0 Å². The molecular formula is C21H22Cl2NOSiTi. The Hall–Kier alpha value is 0.461. The van der Waals surface area contributed by atoms with Crippen molar-refractivity contribution < 1.29 is 50.3 Å². The Balaban J connectivity index is 0.000000681. The number of carbonyl (C=O) groups excluding carboxylic acids is 1. The van der Waals surface area contributed by atoms with Crippen LogP contribution in [0.15, 0.2) is 24.3 Å². The molecule has 11 rings (SSSR count).